The van der Waals surface area contributed by atoms with Crippen LogP contribution in [0.3, 0.4) is 0 Å². The summed E-state index contributed by atoms with van der Waals surface area (Å²) < 4.78 is 28.4. The first-order valence-corrected chi connectivity index (χ1v) is 31.3. The fraction of sp³-hybridized carbons (Fsp3) is 0.785. The number of aliphatic hydroxyl groups excluding tert-OH is 2. The highest BCUT2D eigenvalue weighted by Gasteiger charge is 2.50. The highest BCUT2D eigenvalue weighted by Crippen LogP contribution is 2.26. The lowest BCUT2D eigenvalue weighted by molar-refractivity contribution is -0.301. The lowest BCUT2D eigenvalue weighted by atomic mass is 9.98. The Labute approximate surface area is 468 Å². The van der Waals surface area contributed by atoms with Gasteiger partial charge in [0, 0.05) is 19.3 Å². The average Bonchev–Trinajstić information content (AvgIpc) is 3.42. The SMILES string of the molecule is CC/C=C\C/C=C\C/C=C\C/C=C\CCC(=O)OC(COC(=O)CCCCCCCCCCC/C=C\CCCCCCCC)COC1OC(C(=O)O)C(O)C(O)C1OC(=O)CCCCCCCCCCCCCCCCC. The van der Waals surface area contributed by atoms with E-state index in [1.807, 2.05) is 12.2 Å². The zero-order chi connectivity index (χ0) is 56.1. The molecule has 12 heteroatoms. The first-order chi connectivity index (χ1) is 37.6. The van der Waals surface area contributed by atoms with Crippen LogP contribution in [-0.4, -0.2) is 89.2 Å². The van der Waals surface area contributed by atoms with Crippen molar-refractivity contribution in [1.82, 2.24) is 0 Å². The molecule has 0 saturated carbocycles. The summed E-state index contributed by atoms with van der Waals surface area (Å²) in [6.07, 6.45) is 53.5. The van der Waals surface area contributed by atoms with Crippen LogP contribution >= 0.6 is 0 Å². The fourth-order valence-electron chi connectivity index (χ4n) is 9.32. The van der Waals surface area contributed by atoms with E-state index < -0.39 is 67.3 Å². The molecule has 0 radical (unpaired) electrons. The Morgan fingerprint density at radius 1 is 0.442 bits per heavy atom. The van der Waals surface area contributed by atoms with Crippen LogP contribution in [0.15, 0.2) is 60.8 Å². The van der Waals surface area contributed by atoms with Crippen LogP contribution in [0, 0.1) is 0 Å². The van der Waals surface area contributed by atoms with Crippen molar-refractivity contribution in [3.8, 4) is 0 Å². The maximum Gasteiger partial charge on any atom is 0.335 e. The zero-order valence-electron chi connectivity index (χ0n) is 49.0. The van der Waals surface area contributed by atoms with E-state index in [9.17, 15) is 34.5 Å². The number of aliphatic carboxylic acids is 1. The number of carbonyl (C=O) groups is 4. The normalized spacial score (nSPS) is 18.4. The number of esters is 3. The van der Waals surface area contributed by atoms with Gasteiger partial charge in [-0.25, -0.2) is 4.79 Å². The molecule has 1 aliphatic rings. The third-order valence-corrected chi connectivity index (χ3v) is 14.1. The number of carboxylic acids is 1. The molecule has 0 spiro atoms. The van der Waals surface area contributed by atoms with Gasteiger partial charge in [0.2, 0.25) is 0 Å². The van der Waals surface area contributed by atoms with Gasteiger partial charge in [-0.15, -0.1) is 0 Å². The maximum absolute atomic E-state index is 13.1. The molecule has 6 atom stereocenters. The lowest BCUT2D eigenvalue weighted by Gasteiger charge is -2.40. The molecule has 6 unspecified atom stereocenters. The minimum absolute atomic E-state index is 0.0425. The Hall–Kier alpha value is -3.58. The summed E-state index contributed by atoms with van der Waals surface area (Å²) in [6, 6.07) is 0. The van der Waals surface area contributed by atoms with E-state index in [2.05, 4.69) is 69.4 Å². The van der Waals surface area contributed by atoms with Gasteiger partial charge < -0.3 is 39.0 Å². The third kappa shape index (κ3) is 43.0. The van der Waals surface area contributed by atoms with Gasteiger partial charge >= 0.3 is 23.9 Å². The molecule has 0 aromatic carbocycles. The quantitative estimate of drug-likeness (QED) is 0.0228. The van der Waals surface area contributed by atoms with Crippen LogP contribution in [-0.2, 0) is 42.9 Å². The fourth-order valence-corrected chi connectivity index (χ4v) is 9.32. The van der Waals surface area contributed by atoms with Crippen LogP contribution in [0.4, 0.5) is 0 Å². The number of ether oxygens (including phenoxy) is 5. The van der Waals surface area contributed by atoms with E-state index in [0.29, 0.717) is 25.7 Å². The van der Waals surface area contributed by atoms with Crippen molar-refractivity contribution >= 4 is 23.9 Å². The molecule has 1 rings (SSSR count). The number of aliphatic hydroxyl groups is 2. The molecule has 1 aliphatic heterocycles. The van der Waals surface area contributed by atoms with Crippen LogP contribution in [0.5, 0.6) is 0 Å². The van der Waals surface area contributed by atoms with Crippen molar-refractivity contribution in [2.75, 3.05) is 13.2 Å². The number of carbonyl (C=O) groups excluding carboxylic acids is 3. The summed E-state index contributed by atoms with van der Waals surface area (Å²) in [5.41, 5.74) is 0. The molecule has 0 bridgehead atoms. The maximum atomic E-state index is 13.1. The summed E-state index contributed by atoms with van der Waals surface area (Å²) in [5, 5.41) is 31.5. The molecule has 1 fully saturated rings. The molecule has 444 valence electrons. The molecule has 1 heterocycles. The molecule has 0 aliphatic carbocycles. The highest BCUT2D eigenvalue weighted by atomic mass is 16.7. The zero-order valence-corrected chi connectivity index (χ0v) is 49.0. The van der Waals surface area contributed by atoms with E-state index in [-0.39, 0.29) is 25.9 Å². The molecule has 3 N–H and O–H groups in total. The standard InChI is InChI=1S/C65H112O12/c1-4-7-10-13-16-19-22-25-27-28-29-30-32-34-36-39-42-45-48-51-57(66)73-54-56(75-58(67)52-49-46-43-40-37-33-24-21-18-15-12-9-6-3)55-74-65-63(61(70)60(69)62(77-65)64(71)72)76-59(68)53-50-47-44-41-38-35-31-26-23-20-17-14-11-8-5-2/h9,12,18,21,25,27,33,37,43,46,56,60-63,65,69-70H,4-8,10-11,13-17,19-20,22-24,26,28-32,34-36,38-42,44-45,47-55H2,1-3H3,(H,71,72)/b12-9-,21-18-,27-25-,37-33-,46-43-. The topological polar surface area (TPSA) is 175 Å². The van der Waals surface area contributed by atoms with Crippen molar-refractivity contribution in [3.63, 3.8) is 0 Å². The first kappa shape index (κ1) is 71.4. The number of hydrogen-bond donors (Lipinski definition) is 3. The van der Waals surface area contributed by atoms with Crippen molar-refractivity contribution in [2.45, 2.75) is 314 Å². The molecular weight excluding hydrogens is 973 g/mol. The Morgan fingerprint density at radius 2 is 0.844 bits per heavy atom. The number of unbranched alkanes of at least 4 members (excludes halogenated alkanes) is 29. The molecule has 0 aromatic rings. The second-order valence-corrected chi connectivity index (χ2v) is 21.3. The van der Waals surface area contributed by atoms with E-state index >= 15 is 0 Å². The lowest BCUT2D eigenvalue weighted by Crippen LogP contribution is -2.61. The van der Waals surface area contributed by atoms with Crippen molar-refractivity contribution in [1.29, 1.82) is 0 Å². The average molecular weight is 1090 g/mol. The predicted molar refractivity (Wildman–Crippen MR) is 312 cm³/mol. The van der Waals surface area contributed by atoms with E-state index in [0.717, 1.165) is 64.2 Å². The molecule has 0 amide bonds. The Balaban J connectivity index is 2.67. The minimum Gasteiger partial charge on any atom is -0.479 e. The third-order valence-electron chi connectivity index (χ3n) is 14.1. The van der Waals surface area contributed by atoms with E-state index in [1.165, 1.54) is 148 Å². The van der Waals surface area contributed by atoms with Gasteiger partial charge in [-0.2, -0.15) is 0 Å². The summed E-state index contributed by atoms with van der Waals surface area (Å²) in [5.74, 6) is -3.21. The van der Waals surface area contributed by atoms with Crippen LogP contribution < -0.4 is 0 Å². The molecule has 0 aromatic heterocycles. The summed E-state index contributed by atoms with van der Waals surface area (Å²) >= 11 is 0. The smallest absolute Gasteiger partial charge is 0.335 e. The number of allylic oxidation sites excluding steroid dienone is 10. The van der Waals surface area contributed by atoms with Gasteiger partial charge in [-0.1, -0.05) is 248 Å². The first-order valence-electron chi connectivity index (χ1n) is 31.3. The van der Waals surface area contributed by atoms with Gasteiger partial charge in [-0.05, 0) is 70.6 Å². The molecular formula is C65H112O12. The van der Waals surface area contributed by atoms with E-state index in [1.54, 1.807) is 0 Å². The number of hydrogen-bond acceptors (Lipinski definition) is 11. The summed E-state index contributed by atoms with van der Waals surface area (Å²) in [4.78, 5) is 51.1. The molecule has 1 saturated heterocycles. The highest BCUT2D eigenvalue weighted by molar-refractivity contribution is 5.74. The van der Waals surface area contributed by atoms with Gasteiger partial charge in [-0.3, -0.25) is 14.4 Å². The van der Waals surface area contributed by atoms with Crippen LogP contribution in [0.1, 0.15) is 278 Å². The second-order valence-electron chi connectivity index (χ2n) is 21.3. The van der Waals surface area contributed by atoms with E-state index in [4.69, 9.17) is 23.7 Å². The van der Waals surface area contributed by atoms with Gasteiger partial charge in [0.1, 0.15) is 18.8 Å². The Kier molecular flexibility index (Phi) is 49.2. The van der Waals surface area contributed by atoms with Crippen LogP contribution in [0.25, 0.3) is 0 Å². The largest absolute Gasteiger partial charge is 0.479 e. The second kappa shape index (κ2) is 53.1. The minimum atomic E-state index is -1.91. The monoisotopic (exact) mass is 1080 g/mol. The molecule has 12 nitrogen and oxygen atoms in total. The summed E-state index contributed by atoms with van der Waals surface area (Å²) in [6.45, 7) is 5.83. The summed E-state index contributed by atoms with van der Waals surface area (Å²) in [7, 11) is 0. The van der Waals surface area contributed by atoms with Crippen molar-refractivity contribution in [2.24, 2.45) is 0 Å². The van der Waals surface area contributed by atoms with Crippen molar-refractivity contribution in [3.05, 3.63) is 60.8 Å². The van der Waals surface area contributed by atoms with Crippen molar-refractivity contribution < 1.29 is 58.2 Å². The predicted octanol–water partition coefficient (Wildman–Crippen LogP) is 16.3. The number of carboxylic acid groups (broad SMARTS) is 1. The van der Waals surface area contributed by atoms with Gasteiger partial charge in [0.25, 0.3) is 0 Å². The molecule has 77 heavy (non-hydrogen) atoms. The van der Waals surface area contributed by atoms with Crippen LogP contribution in [0.2, 0.25) is 0 Å². The number of rotatable bonds is 53. The Morgan fingerprint density at radius 3 is 1.30 bits per heavy atom. The van der Waals surface area contributed by atoms with Gasteiger partial charge in [0.15, 0.2) is 24.6 Å². The van der Waals surface area contributed by atoms with Gasteiger partial charge in [0.05, 0.1) is 6.61 Å². The Bertz CT molecular complexity index is 1570.